The van der Waals surface area contributed by atoms with E-state index in [0.717, 1.165) is 5.56 Å². The lowest BCUT2D eigenvalue weighted by Gasteiger charge is -2.27. The van der Waals surface area contributed by atoms with Crippen LogP contribution >= 0.6 is 34.8 Å². The molecule has 2 unspecified atom stereocenters. The molecule has 7 nitrogen and oxygen atoms in total. The third-order valence-corrected chi connectivity index (χ3v) is 6.43. The first-order valence-electron chi connectivity index (χ1n) is 10.8. The van der Waals surface area contributed by atoms with E-state index >= 15 is 0 Å². The second-order valence-electron chi connectivity index (χ2n) is 8.09. The Morgan fingerprint density at radius 1 is 1.15 bits per heavy atom. The van der Waals surface area contributed by atoms with Gasteiger partial charge < -0.3 is 13.7 Å². The highest BCUT2D eigenvalue weighted by molar-refractivity contribution is 6.36. The van der Waals surface area contributed by atoms with E-state index in [1.807, 2.05) is 19.2 Å². The number of Topliss-reactive ketones (excluding diaryl/α,β-unsaturated/α-hetero) is 1. The Hall–Kier alpha value is -2.61. The molecule has 1 fully saturated rings. The van der Waals surface area contributed by atoms with Gasteiger partial charge in [-0.2, -0.15) is 4.98 Å². The zero-order valence-electron chi connectivity index (χ0n) is 18.7. The van der Waals surface area contributed by atoms with Crippen molar-refractivity contribution >= 4 is 46.2 Å². The van der Waals surface area contributed by atoms with Gasteiger partial charge in [0.25, 0.3) is 5.89 Å². The quantitative estimate of drug-likeness (QED) is 0.316. The molecule has 5 rings (SSSR count). The summed E-state index contributed by atoms with van der Waals surface area (Å²) in [6, 6.07) is 5.01. The van der Waals surface area contributed by atoms with Crippen LogP contribution in [0.4, 0.5) is 0 Å². The number of nitrogens with zero attached hydrogens (tertiary/aromatic N) is 4. The summed E-state index contributed by atoms with van der Waals surface area (Å²) in [5.74, 6) is -0.417. The number of aryl methyl sites for hydroxylation is 1. The summed E-state index contributed by atoms with van der Waals surface area (Å²) in [6.07, 6.45) is 4.47. The number of hydrogen-bond acceptors (Lipinski definition) is 6. The van der Waals surface area contributed by atoms with Crippen molar-refractivity contribution in [2.24, 2.45) is 5.89 Å². The fourth-order valence-electron chi connectivity index (χ4n) is 3.86. The SMILES string of the molecule is [2H]C1(C)CC(Oc2cc(Cl)c(-c3noc(-c4cn5cc(C)cc(Cl)c5n4)n3)cc2Cl)CCC1=O. The predicted octanol–water partition coefficient (Wildman–Crippen LogP) is 6.46. The molecule has 0 amide bonds. The van der Waals surface area contributed by atoms with Crippen LogP contribution in [-0.2, 0) is 4.79 Å². The Morgan fingerprint density at radius 2 is 1.97 bits per heavy atom. The molecule has 33 heavy (non-hydrogen) atoms. The first-order chi connectivity index (χ1) is 16.1. The minimum atomic E-state index is -1.17. The van der Waals surface area contributed by atoms with Crippen LogP contribution in [0, 0.1) is 12.8 Å². The average molecular weight is 507 g/mol. The summed E-state index contributed by atoms with van der Waals surface area (Å²) < 4.78 is 21.4. The van der Waals surface area contributed by atoms with Crippen molar-refractivity contribution in [3.63, 3.8) is 0 Å². The van der Waals surface area contributed by atoms with Crippen molar-refractivity contribution in [1.82, 2.24) is 19.5 Å². The van der Waals surface area contributed by atoms with Gasteiger partial charge in [-0.1, -0.05) is 46.9 Å². The maximum absolute atomic E-state index is 11.9. The number of halogens is 3. The van der Waals surface area contributed by atoms with E-state index in [2.05, 4.69) is 15.1 Å². The average Bonchev–Trinajstić information content (AvgIpc) is 3.40. The van der Waals surface area contributed by atoms with Crippen LogP contribution in [0.5, 0.6) is 5.75 Å². The number of hydrogen-bond donors (Lipinski definition) is 0. The van der Waals surface area contributed by atoms with Gasteiger partial charge in [-0.15, -0.1) is 0 Å². The molecule has 3 heterocycles. The van der Waals surface area contributed by atoms with Gasteiger partial charge in [0.2, 0.25) is 5.82 Å². The molecule has 0 aliphatic heterocycles. The molecule has 2 atom stereocenters. The van der Waals surface area contributed by atoms with Gasteiger partial charge in [-0.25, -0.2) is 4.98 Å². The van der Waals surface area contributed by atoms with Crippen molar-refractivity contribution in [3.8, 4) is 28.7 Å². The molecule has 170 valence electrons. The highest BCUT2D eigenvalue weighted by Gasteiger charge is 2.27. The Morgan fingerprint density at radius 3 is 2.76 bits per heavy atom. The molecular formula is C23H19Cl3N4O3. The topological polar surface area (TPSA) is 82.5 Å². The number of carbonyl (C=O) groups excluding carboxylic acids is 1. The predicted molar refractivity (Wildman–Crippen MR) is 126 cm³/mol. The van der Waals surface area contributed by atoms with Crippen LogP contribution < -0.4 is 4.74 Å². The first-order valence-corrected chi connectivity index (χ1v) is 11.4. The molecule has 4 aromatic rings. The molecule has 1 saturated carbocycles. The number of aromatic nitrogens is 4. The highest BCUT2D eigenvalue weighted by atomic mass is 35.5. The van der Waals surface area contributed by atoms with Crippen molar-refractivity contribution in [1.29, 1.82) is 0 Å². The largest absolute Gasteiger partial charge is 0.489 e. The van der Waals surface area contributed by atoms with Gasteiger partial charge in [-0.3, -0.25) is 4.79 Å². The Labute approximate surface area is 206 Å². The number of fused-ring (bicyclic) bond motifs is 1. The number of pyridine rings is 1. The van der Waals surface area contributed by atoms with Crippen LogP contribution in [-0.4, -0.2) is 31.4 Å². The number of imidazole rings is 1. The van der Waals surface area contributed by atoms with Crippen molar-refractivity contribution in [3.05, 3.63) is 51.2 Å². The van der Waals surface area contributed by atoms with Crippen LogP contribution in [0.1, 0.15) is 33.1 Å². The van der Waals surface area contributed by atoms with E-state index in [1.165, 1.54) is 0 Å². The van der Waals surface area contributed by atoms with E-state index in [-0.39, 0.29) is 30.0 Å². The molecule has 0 spiro atoms. The Bertz CT molecular complexity index is 1430. The molecular weight excluding hydrogens is 487 g/mol. The van der Waals surface area contributed by atoms with E-state index in [1.54, 1.807) is 29.7 Å². The van der Waals surface area contributed by atoms with Crippen molar-refractivity contribution in [2.75, 3.05) is 0 Å². The summed E-state index contributed by atoms with van der Waals surface area (Å²) in [4.78, 5) is 20.8. The zero-order chi connectivity index (χ0) is 24.2. The summed E-state index contributed by atoms with van der Waals surface area (Å²) in [6.45, 7) is 3.54. The van der Waals surface area contributed by atoms with Gasteiger partial charge in [0, 0.05) is 37.7 Å². The standard InChI is InChI=1S/C23H19Cl3N4O3/c1-11-5-17(26)22-27-18(10-30(22)9-11)23-28-21(29-33-23)14-7-16(25)20(8-15(14)24)32-13-3-4-19(31)12(2)6-13/h5,7-10,12-13H,3-4,6H2,1-2H3/i12D. The van der Waals surface area contributed by atoms with Crippen LogP contribution in [0.3, 0.4) is 0 Å². The second-order valence-corrected chi connectivity index (χ2v) is 9.32. The summed E-state index contributed by atoms with van der Waals surface area (Å²) in [7, 11) is 0. The second kappa shape index (κ2) is 8.63. The van der Waals surface area contributed by atoms with E-state index in [0.29, 0.717) is 50.6 Å². The number of rotatable bonds is 4. The molecule has 1 aromatic carbocycles. The molecule has 1 aliphatic carbocycles. The molecule has 1 aliphatic rings. The van der Waals surface area contributed by atoms with Crippen LogP contribution in [0.25, 0.3) is 28.6 Å². The van der Waals surface area contributed by atoms with E-state index in [9.17, 15) is 4.79 Å². The third-order valence-electron chi connectivity index (χ3n) is 5.55. The lowest BCUT2D eigenvalue weighted by Crippen LogP contribution is -2.30. The molecule has 0 N–H and O–H groups in total. The van der Waals surface area contributed by atoms with Gasteiger partial charge in [0.05, 0.1) is 21.2 Å². The molecule has 0 saturated heterocycles. The first kappa shape index (κ1) is 21.0. The molecule has 10 heteroatoms. The van der Waals surface area contributed by atoms with Crippen molar-refractivity contribution < 1.29 is 15.4 Å². The van der Waals surface area contributed by atoms with Gasteiger partial charge in [-0.05, 0) is 37.5 Å². The minimum Gasteiger partial charge on any atom is -0.489 e. The fraction of sp³-hybridized carbons (Fsp3) is 0.304. The maximum Gasteiger partial charge on any atom is 0.278 e. The normalized spacial score (nSPS) is 21.4. The molecule has 0 bridgehead atoms. The monoisotopic (exact) mass is 505 g/mol. The highest BCUT2D eigenvalue weighted by Crippen LogP contribution is 2.38. The van der Waals surface area contributed by atoms with E-state index in [4.69, 9.17) is 45.4 Å². The number of benzene rings is 1. The maximum atomic E-state index is 11.9. The van der Waals surface area contributed by atoms with Gasteiger partial charge in [0.1, 0.15) is 17.2 Å². The summed E-state index contributed by atoms with van der Waals surface area (Å²) >= 11 is 19.3. The minimum absolute atomic E-state index is 0.0808. The third kappa shape index (κ3) is 4.33. The molecule has 3 aromatic heterocycles. The van der Waals surface area contributed by atoms with Gasteiger partial charge in [0.15, 0.2) is 5.65 Å². The number of carbonyl (C=O) groups is 1. The van der Waals surface area contributed by atoms with Crippen molar-refractivity contribution in [2.45, 2.75) is 39.2 Å². The zero-order valence-corrected chi connectivity index (χ0v) is 20.0. The Kier molecular flexibility index (Phi) is 5.48. The lowest BCUT2D eigenvalue weighted by molar-refractivity contribution is -0.125. The van der Waals surface area contributed by atoms with Crippen LogP contribution in [0.2, 0.25) is 15.1 Å². The fourth-order valence-corrected chi connectivity index (χ4v) is 4.62. The Balaban J connectivity index is 1.41. The van der Waals surface area contributed by atoms with E-state index < -0.39 is 5.89 Å². The van der Waals surface area contributed by atoms with Gasteiger partial charge >= 0.3 is 0 Å². The number of ether oxygens (including phenoxy) is 1. The summed E-state index contributed by atoms with van der Waals surface area (Å²) in [5.41, 5.74) is 2.51. The summed E-state index contributed by atoms with van der Waals surface area (Å²) in [5, 5.41) is 5.18. The molecule has 0 radical (unpaired) electrons. The lowest BCUT2D eigenvalue weighted by atomic mass is 9.87. The van der Waals surface area contributed by atoms with Crippen LogP contribution in [0.15, 0.2) is 35.1 Å². The number of ketones is 1. The smallest absolute Gasteiger partial charge is 0.278 e.